The Bertz CT molecular complexity index is 518. The van der Waals surface area contributed by atoms with E-state index in [1.165, 1.54) is 6.20 Å². The Hall–Kier alpha value is -2.13. The Morgan fingerprint density at radius 1 is 1.57 bits per heavy atom. The fourth-order valence-corrected chi connectivity index (χ4v) is 2.20. The molecule has 0 aliphatic carbocycles. The van der Waals surface area contributed by atoms with Crippen molar-refractivity contribution in [2.75, 3.05) is 25.6 Å². The van der Waals surface area contributed by atoms with Crippen LogP contribution in [0.15, 0.2) is 12.4 Å². The second-order valence-corrected chi connectivity index (χ2v) is 4.81. The molecule has 1 saturated heterocycles. The number of nitrogens with one attached hydrogen (secondary N) is 1. The maximum absolute atomic E-state index is 12.1. The minimum Gasteiger partial charge on any atom is -0.480 e. The van der Waals surface area contributed by atoms with Gasteiger partial charge >= 0.3 is 12.0 Å². The van der Waals surface area contributed by atoms with Crippen LogP contribution in [-0.2, 0) is 16.1 Å². The number of aliphatic hydroxyl groups excluding tert-OH is 1. The number of rotatable bonds is 5. The van der Waals surface area contributed by atoms with E-state index in [4.69, 9.17) is 9.84 Å². The number of aliphatic hydroxyl groups is 1. The smallest absolute Gasteiger partial charge is 0.326 e. The van der Waals surface area contributed by atoms with Gasteiger partial charge in [0.2, 0.25) is 0 Å². The van der Waals surface area contributed by atoms with Crippen molar-refractivity contribution >= 4 is 17.7 Å². The molecule has 0 spiro atoms. The minimum absolute atomic E-state index is 0.000607. The number of carboxylic acid groups (broad SMARTS) is 1. The first kappa shape index (κ1) is 15.3. The molecule has 21 heavy (non-hydrogen) atoms. The van der Waals surface area contributed by atoms with E-state index >= 15 is 0 Å². The Morgan fingerprint density at radius 3 is 3.00 bits per heavy atom. The van der Waals surface area contributed by atoms with Gasteiger partial charge in [0.1, 0.15) is 6.04 Å². The van der Waals surface area contributed by atoms with Gasteiger partial charge in [0.05, 0.1) is 31.1 Å². The highest BCUT2D eigenvalue weighted by molar-refractivity contribution is 5.92. The molecule has 2 heterocycles. The molecule has 2 unspecified atom stereocenters. The van der Waals surface area contributed by atoms with E-state index < -0.39 is 24.1 Å². The highest BCUT2D eigenvalue weighted by Gasteiger charge is 2.39. The molecule has 1 aliphatic heterocycles. The monoisotopic (exact) mass is 298 g/mol. The summed E-state index contributed by atoms with van der Waals surface area (Å²) < 4.78 is 6.52. The third-order valence-corrected chi connectivity index (χ3v) is 3.23. The van der Waals surface area contributed by atoms with Crippen molar-refractivity contribution in [3.05, 3.63) is 12.4 Å². The number of aromatic nitrogens is 2. The van der Waals surface area contributed by atoms with Crippen LogP contribution >= 0.6 is 0 Å². The summed E-state index contributed by atoms with van der Waals surface area (Å²) in [5, 5.41) is 25.2. The summed E-state index contributed by atoms with van der Waals surface area (Å²) in [5.74, 6) is -1.13. The molecule has 0 radical (unpaired) electrons. The normalized spacial score (nSPS) is 21.5. The van der Waals surface area contributed by atoms with Gasteiger partial charge in [-0.1, -0.05) is 0 Å². The standard InChI is InChI=1S/C12H18N4O5/c1-21-3-2-15-6-8(5-13-15)14-12(20)16-7-9(17)4-10(16)11(18)19/h5-6,9-10,17H,2-4,7H2,1H3,(H,14,20)(H,18,19). The maximum Gasteiger partial charge on any atom is 0.326 e. The number of hydrogen-bond donors (Lipinski definition) is 3. The van der Waals surface area contributed by atoms with E-state index in [1.54, 1.807) is 18.0 Å². The number of carbonyl (C=O) groups is 2. The molecule has 1 aliphatic rings. The molecule has 2 amide bonds. The van der Waals surface area contributed by atoms with Gasteiger partial charge in [0.25, 0.3) is 0 Å². The molecule has 2 rings (SSSR count). The molecule has 9 nitrogen and oxygen atoms in total. The number of carboxylic acids is 1. The van der Waals surface area contributed by atoms with Gasteiger partial charge in [0, 0.05) is 26.3 Å². The lowest BCUT2D eigenvalue weighted by Crippen LogP contribution is -2.43. The lowest BCUT2D eigenvalue weighted by molar-refractivity contribution is -0.141. The Morgan fingerprint density at radius 2 is 2.33 bits per heavy atom. The number of nitrogens with zero attached hydrogens (tertiary/aromatic N) is 3. The first-order chi connectivity index (χ1) is 10.0. The van der Waals surface area contributed by atoms with Crippen molar-refractivity contribution in [1.82, 2.24) is 14.7 Å². The molecule has 1 aromatic rings. The van der Waals surface area contributed by atoms with Crippen LogP contribution in [-0.4, -0.2) is 69.3 Å². The quantitative estimate of drug-likeness (QED) is 0.680. The summed E-state index contributed by atoms with van der Waals surface area (Å²) in [7, 11) is 1.58. The van der Waals surface area contributed by atoms with Crippen molar-refractivity contribution in [1.29, 1.82) is 0 Å². The van der Waals surface area contributed by atoms with Gasteiger partial charge in [-0.2, -0.15) is 5.10 Å². The fourth-order valence-electron chi connectivity index (χ4n) is 2.20. The van der Waals surface area contributed by atoms with Gasteiger partial charge in [0.15, 0.2) is 0 Å². The predicted molar refractivity (Wildman–Crippen MR) is 71.9 cm³/mol. The number of hydrogen-bond acceptors (Lipinski definition) is 5. The molecule has 0 saturated carbocycles. The summed E-state index contributed by atoms with van der Waals surface area (Å²) in [5.41, 5.74) is 0.460. The number of anilines is 1. The predicted octanol–water partition coefficient (Wildman–Crippen LogP) is -0.419. The summed E-state index contributed by atoms with van der Waals surface area (Å²) in [6, 6.07) is -1.58. The van der Waals surface area contributed by atoms with Crippen LogP contribution in [0.3, 0.4) is 0 Å². The Balaban J connectivity index is 1.97. The zero-order chi connectivity index (χ0) is 15.4. The highest BCUT2D eigenvalue weighted by Crippen LogP contribution is 2.19. The zero-order valence-electron chi connectivity index (χ0n) is 11.6. The molecule has 0 aromatic carbocycles. The maximum atomic E-state index is 12.1. The first-order valence-corrected chi connectivity index (χ1v) is 6.51. The first-order valence-electron chi connectivity index (χ1n) is 6.51. The third kappa shape index (κ3) is 3.70. The Labute approximate surface area is 121 Å². The van der Waals surface area contributed by atoms with Crippen LogP contribution in [0.25, 0.3) is 0 Å². The van der Waals surface area contributed by atoms with E-state index in [0.29, 0.717) is 18.8 Å². The number of likely N-dealkylation sites (tertiary alicyclic amines) is 1. The SMILES string of the molecule is COCCn1cc(NC(=O)N2CC(O)CC2C(=O)O)cn1. The topological polar surface area (TPSA) is 117 Å². The van der Waals surface area contributed by atoms with Gasteiger partial charge in [-0.15, -0.1) is 0 Å². The number of carbonyl (C=O) groups excluding carboxylic acids is 1. The summed E-state index contributed by atoms with van der Waals surface area (Å²) in [6.07, 6.45) is 2.31. The van der Waals surface area contributed by atoms with E-state index in [-0.39, 0.29) is 13.0 Å². The van der Waals surface area contributed by atoms with Crippen LogP contribution in [0.4, 0.5) is 10.5 Å². The second kappa shape index (κ2) is 6.55. The molecule has 116 valence electrons. The number of ether oxygens (including phenoxy) is 1. The molecule has 9 heteroatoms. The van der Waals surface area contributed by atoms with E-state index in [0.717, 1.165) is 4.90 Å². The van der Waals surface area contributed by atoms with E-state index in [9.17, 15) is 14.7 Å². The minimum atomic E-state index is -1.13. The summed E-state index contributed by atoms with van der Waals surface area (Å²) in [6.45, 7) is 1.04. The van der Waals surface area contributed by atoms with Crippen LogP contribution in [0.1, 0.15) is 6.42 Å². The van der Waals surface area contributed by atoms with Crippen molar-refractivity contribution in [2.24, 2.45) is 0 Å². The third-order valence-electron chi connectivity index (χ3n) is 3.23. The largest absolute Gasteiger partial charge is 0.480 e. The van der Waals surface area contributed by atoms with Crippen molar-refractivity contribution in [3.8, 4) is 0 Å². The molecule has 1 fully saturated rings. The van der Waals surface area contributed by atoms with E-state index in [2.05, 4.69) is 10.4 Å². The summed E-state index contributed by atoms with van der Waals surface area (Å²) >= 11 is 0. The molecular weight excluding hydrogens is 280 g/mol. The van der Waals surface area contributed by atoms with Crippen LogP contribution < -0.4 is 5.32 Å². The summed E-state index contributed by atoms with van der Waals surface area (Å²) in [4.78, 5) is 24.3. The lowest BCUT2D eigenvalue weighted by Gasteiger charge is -2.20. The van der Waals surface area contributed by atoms with Crippen molar-refractivity contribution < 1.29 is 24.5 Å². The van der Waals surface area contributed by atoms with Crippen LogP contribution in [0.2, 0.25) is 0 Å². The highest BCUT2D eigenvalue weighted by atomic mass is 16.5. The number of β-amino-alcohol motifs (C(OH)–C–C–N with tert-alkyl or cyclic N) is 1. The average Bonchev–Trinajstić information content (AvgIpc) is 3.03. The number of urea groups is 1. The van der Waals surface area contributed by atoms with Crippen molar-refractivity contribution in [2.45, 2.75) is 25.1 Å². The number of aliphatic carboxylic acids is 1. The lowest BCUT2D eigenvalue weighted by atomic mass is 10.2. The van der Waals surface area contributed by atoms with Gasteiger partial charge in [-0.25, -0.2) is 9.59 Å². The number of amides is 2. The van der Waals surface area contributed by atoms with E-state index in [1.807, 2.05) is 0 Å². The molecule has 0 bridgehead atoms. The molecule has 1 aromatic heterocycles. The van der Waals surface area contributed by atoms with Gasteiger partial charge < -0.3 is 25.2 Å². The van der Waals surface area contributed by atoms with Crippen molar-refractivity contribution in [3.63, 3.8) is 0 Å². The zero-order valence-corrected chi connectivity index (χ0v) is 11.6. The molecule has 2 atom stereocenters. The van der Waals surface area contributed by atoms with Gasteiger partial charge in [-0.3, -0.25) is 4.68 Å². The second-order valence-electron chi connectivity index (χ2n) is 4.81. The molecule has 3 N–H and O–H groups in total. The van der Waals surface area contributed by atoms with Gasteiger partial charge in [-0.05, 0) is 0 Å². The number of methoxy groups -OCH3 is 1. The van der Waals surface area contributed by atoms with Crippen LogP contribution in [0.5, 0.6) is 0 Å². The van der Waals surface area contributed by atoms with Crippen LogP contribution in [0, 0.1) is 0 Å². The Kier molecular flexibility index (Phi) is 4.76. The average molecular weight is 298 g/mol. The molecular formula is C12H18N4O5. The fraction of sp³-hybridized carbons (Fsp3) is 0.583.